The molecule has 2 rings (SSSR count). The highest BCUT2D eigenvalue weighted by atomic mass is 32.2. The van der Waals surface area contributed by atoms with Gasteiger partial charge in [0.25, 0.3) is 0 Å². The number of rotatable bonds is 3. The quantitative estimate of drug-likeness (QED) is 0.646. The van der Waals surface area contributed by atoms with E-state index in [1.165, 1.54) is 10.4 Å². The van der Waals surface area contributed by atoms with Crippen molar-refractivity contribution in [2.45, 2.75) is 37.6 Å². The lowest BCUT2D eigenvalue weighted by Crippen LogP contribution is -2.39. The van der Waals surface area contributed by atoms with Crippen LogP contribution in [0, 0.1) is 13.8 Å². The fourth-order valence-electron chi connectivity index (χ4n) is 2.34. The zero-order valence-electron chi connectivity index (χ0n) is 10.9. The molecule has 1 saturated heterocycles. The number of H-pyrrole nitrogens is 1. The van der Waals surface area contributed by atoms with E-state index in [9.17, 15) is 13.2 Å². The van der Waals surface area contributed by atoms with Crippen molar-refractivity contribution < 1.29 is 13.2 Å². The van der Waals surface area contributed by atoms with Gasteiger partial charge in [0.05, 0.1) is 17.4 Å². The molecule has 0 unspecified atom stereocenters. The number of isocyanates is 1. The van der Waals surface area contributed by atoms with Crippen LogP contribution in [0.2, 0.25) is 0 Å². The Morgan fingerprint density at radius 3 is 2.47 bits per heavy atom. The van der Waals surface area contributed by atoms with Crippen LogP contribution in [0.25, 0.3) is 0 Å². The molecule has 0 bridgehead atoms. The number of aryl methyl sites for hydroxylation is 2. The Hall–Kier alpha value is -1.50. The Kier molecular flexibility index (Phi) is 3.84. The number of carbonyl (C=O) groups excluding carboxylic acids is 1. The second kappa shape index (κ2) is 5.24. The molecule has 19 heavy (non-hydrogen) atoms. The number of hydrogen-bond acceptors (Lipinski definition) is 5. The first-order chi connectivity index (χ1) is 8.96. The average Bonchev–Trinajstić information content (AvgIpc) is 2.70. The van der Waals surface area contributed by atoms with Crippen LogP contribution in [0.3, 0.4) is 0 Å². The number of hydrogen-bond donors (Lipinski definition) is 1. The Labute approximate surface area is 111 Å². The molecular formula is C11H16N4O3S. The van der Waals surface area contributed by atoms with E-state index in [0.29, 0.717) is 37.3 Å². The van der Waals surface area contributed by atoms with Crippen LogP contribution in [0.15, 0.2) is 9.89 Å². The van der Waals surface area contributed by atoms with Crippen molar-refractivity contribution in [1.82, 2.24) is 14.5 Å². The SMILES string of the molecule is Cc1n[nH]c(C)c1S(=O)(=O)N1CCC(N=C=O)CC1. The van der Waals surface area contributed by atoms with Gasteiger partial charge < -0.3 is 0 Å². The van der Waals surface area contributed by atoms with Crippen molar-refractivity contribution in [2.75, 3.05) is 13.1 Å². The predicted molar refractivity (Wildman–Crippen MR) is 68.0 cm³/mol. The van der Waals surface area contributed by atoms with E-state index >= 15 is 0 Å². The van der Waals surface area contributed by atoms with Gasteiger partial charge in [-0.15, -0.1) is 0 Å². The lowest BCUT2D eigenvalue weighted by atomic mass is 10.1. The largest absolute Gasteiger partial charge is 0.281 e. The average molecular weight is 284 g/mol. The maximum atomic E-state index is 12.5. The summed E-state index contributed by atoms with van der Waals surface area (Å²) in [7, 11) is -3.52. The van der Waals surface area contributed by atoms with Gasteiger partial charge in [-0.2, -0.15) is 9.40 Å². The van der Waals surface area contributed by atoms with Crippen LogP contribution < -0.4 is 0 Å². The lowest BCUT2D eigenvalue weighted by Gasteiger charge is -2.28. The summed E-state index contributed by atoms with van der Waals surface area (Å²) in [6.45, 7) is 4.08. The second-order valence-corrected chi connectivity index (χ2v) is 6.49. The highest BCUT2D eigenvalue weighted by molar-refractivity contribution is 7.89. The van der Waals surface area contributed by atoms with Crippen molar-refractivity contribution in [1.29, 1.82) is 0 Å². The van der Waals surface area contributed by atoms with Crippen LogP contribution in [0.4, 0.5) is 0 Å². The van der Waals surface area contributed by atoms with Crippen molar-refractivity contribution in [3.8, 4) is 0 Å². The number of piperidine rings is 1. The summed E-state index contributed by atoms with van der Waals surface area (Å²) < 4.78 is 26.5. The first-order valence-electron chi connectivity index (χ1n) is 6.05. The van der Waals surface area contributed by atoms with E-state index in [-0.39, 0.29) is 10.9 Å². The molecule has 1 fully saturated rings. The third-order valence-corrected chi connectivity index (χ3v) is 5.48. The molecule has 0 radical (unpaired) electrons. The van der Waals surface area contributed by atoms with Crippen molar-refractivity contribution >= 4 is 16.1 Å². The molecule has 0 spiro atoms. The van der Waals surface area contributed by atoms with Gasteiger partial charge in [-0.05, 0) is 26.7 Å². The minimum atomic E-state index is -3.52. The Morgan fingerprint density at radius 1 is 1.37 bits per heavy atom. The number of sulfonamides is 1. The van der Waals surface area contributed by atoms with Crippen LogP contribution in [0.5, 0.6) is 0 Å². The Bertz CT molecular complexity index is 588. The van der Waals surface area contributed by atoms with Crippen LogP contribution >= 0.6 is 0 Å². The van der Waals surface area contributed by atoms with Gasteiger partial charge >= 0.3 is 0 Å². The van der Waals surface area contributed by atoms with E-state index in [1.807, 2.05) is 0 Å². The van der Waals surface area contributed by atoms with Crippen LogP contribution in [-0.4, -0.2) is 48.1 Å². The highest BCUT2D eigenvalue weighted by Crippen LogP contribution is 2.25. The molecule has 1 aromatic rings. The van der Waals surface area contributed by atoms with Gasteiger partial charge in [0.2, 0.25) is 16.1 Å². The predicted octanol–water partition coefficient (Wildman–Crippen LogP) is 0.515. The summed E-state index contributed by atoms with van der Waals surface area (Å²) in [4.78, 5) is 14.1. The minimum Gasteiger partial charge on any atom is -0.281 e. The molecular weight excluding hydrogens is 268 g/mol. The van der Waals surface area contributed by atoms with Crippen molar-refractivity contribution in [2.24, 2.45) is 4.99 Å². The summed E-state index contributed by atoms with van der Waals surface area (Å²) in [5.74, 6) is 0. The zero-order chi connectivity index (χ0) is 14.0. The van der Waals surface area contributed by atoms with Crippen LogP contribution in [0.1, 0.15) is 24.2 Å². The normalized spacial score (nSPS) is 18.2. The molecule has 2 heterocycles. The smallest absolute Gasteiger partial charge is 0.246 e. The van der Waals surface area contributed by atoms with Gasteiger partial charge in [0, 0.05) is 13.1 Å². The van der Waals surface area contributed by atoms with E-state index in [2.05, 4.69) is 15.2 Å². The van der Waals surface area contributed by atoms with Crippen molar-refractivity contribution in [3.63, 3.8) is 0 Å². The standard InChI is InChI=1S/C11H16N4O3S/c1-8-11(9(2)14-13-8)19(17,18)15-5-3-10(4-6-15)12-7-16/h10H,3-6H2,1-2H3,(H,13,14). The molecule has 7 nitrogen and oxygen atoms in total. The molecule has 0 saturated carbocycles. The van der Waals surface area contributed by atoms with Gasteiger partial charge in [-0.1, -0.05) is 0 Å². The highest BCUT2D eigenvalue weighted by Gasteiger charge is 2.32. The third-order valence-electron chi connectivity index (χ3n) is 3.32. The van der Waals surface area contributed by atoms with Gasteiger partial charge in [0.1, 0.15) is 4.90 Å². The summed E-state index contributed by atoms with van der Waals surface area (Å²) in [5, 5.41) is 6.61. The van der Waals surface area contributed by atoms with E-state index in [1.54, 1.807) is 13.8 Å². The number of aromatic nitrogens is 2. The third kappa shape index (κ3) is 2.60. The fourth-order valence-corrected chi connectivity index (χ4v) is 4.14. The number of nitrogens with zero attached hydrogens (tertiary/aromatic N) is 3. The molecule has 0 amide bonds. The molecule has 1 aliphatic heterocycles. The van der Waals surface area contributed by atoms with Gasteiger partial charge in [0.15, 0.2) is 0 Å². The van der Waals surface area contributed by atoms with E-state index < -0.39 is 10.0 Å². The minimum absolute atomic E-state index is 0.115. The topological polar surface area (TPSA) is 95.5 Å². The van der Waals surface area contributed by atoms with Crippen molar-refractivity contribution in [3.05, 3.63) is 11.4 Å². The maximum absolute atomic E-state index is 12.5. The first kappa shape index (κ1) is 13.9. The molecule has 104 valence electrons. The fraction of sp³-hybridized carbons (Fsp3) is 0.636. The molecule has 0 aliphatic carbocycles. The van der Waals surface area contributed by atoms with E-state index in [0.717, 1.165) is 0 Å². The first-order valence-corrected chi connectivity index (χ1v) is 7.49. The van der Waals surface area contributed by atoms with Gasteiger partial charge in [-0.25, -0.2) is 18.2 Å². The molecule has 8 heteroatoms. The molecule has 0 atom stereocenters. The summed E-state index contributed by atoms with van der Waals surface area (Å²) in [6.07, 6.45) is 2.62. The molecule has 1 N–H and O–H groups in total. The van der Waals surface area contributed by atoms with Gasteiger partial charge in [-0.3, -0.25) is 5.10 Å². The van der Waals surface area contributed by atoms with Crippen LogP contribution in [-0.2, 0) is 14.8 Å². The maximum Gasteiger partial charge on any atom is 0.246 e. The zero-order valence-corrected chi connectivity index (χ0v) is 11.7. The number of aliphatic imine (C=N–C) groups is 1. The summed E-state index contributed by atoms with van der Waals surface area (Å²) in [5.41, 5.74) is 1.02. The summed E-state index contributed by atoms with van der Waals surface area (Å²) >= 11 is 0. The monoisotopic (exact) mass is 284 g/mol. The number of aromatic amines is 1. The lowest BCUT2D eigenvalue weighted by molar-refractivity contribution is 0.320. The summed E-state index contributed by atoms with van der Waals surface area (Å²) in [6, 6.07) is -0.115. The number of nitrogens with one attached hydrogen (secondary N) is 1. The Balaban J connectivity index is 2.21. The Morgan fingerprint density at radius 2 is 2.00 bits per heavy atom. The van der Waals surface area contributed by atoms with E-state index in [4.69, 9.17) is 0 Å². The molecule has 0 aromatic carbocycles. The molecule has 1 aromatic heterocycles. The molecule has 1 aliphatic rings. The second-order valence-electron chi connectivity index (χ2n) is 4.62.